The minimum absolute atomic E-state index is 0.0264. The van der Waals surface area contributed by atoms with E-state index in [9.17, 15) is 19.0 Å². The first kappa shape index (κ1) is 63.0. The predicted octanol–water partition coefficient (Wildman–Crippen LogP) is 16.2. The molecule has 0 aliphatic rings. The van der Waals surface area contributed by atoms with Crippen LogP contribution in [0.4, 0.5) is 0 Å². The van der Waals surface area contributed by atoms with E-state index in [4.69, 9.17) is 18.5 Å². The lowest BCUT2D eigenvalue weighted by Gasteiger charge is -2.24. The van der Waals surface area contributed by atoms with Crippen molar-refractivity contribution in [1.82, 2.24) is 0 Å². The molecule has 0 aliphatic carbocycles. The molecule has 2 unspecified atom stereocenters. The third kappa shape index (κ3) is 51.2. The molecule has 0 aromatic carbocycles. The Labute approximate surface area is 401 Å². The highest BCUT2D eigenvalue weighted by Gasteiger charge is 2.27. The van der Waals surface area contributed by atoms with Crippen LogP contribution in [0.5, 0.6) is 0 Å². The van der Waals surface area contributed by atoms with E-state index in [1.165, 1.54) is 135 Å². The minimum Gasteiger partial charge on any atom is -0.462 e. The van der Waals surface area contributed by atoms with Crippen LogP contribution in [-0.2, 0) is 32.7 Å². The highest BCUT2D eigenvalue weighted by molar-refractivity contribution is 7.47. The smallest absolute Gasteiger partial charge is 0.462 e. The number of ether oxygens (including phenoxy) is 2. The normalized spacial score (nSPS) is 13.8. The predicted molar refractivity (Wildman–Crippen MR) is 275 cm³/mol. The number of phosphoric ester groups is 1. The first-order valence-corrected chi connectivity index (χ1v) is 28.4. The van der Waals surface area contributed by atoms with Crippen LogP contribution in [0.2, 0.25) is 0 Å². The Morgan fingerprint density at radius 1 is 0.492 bits per heavy atom. The molecule has 0 fully saturated rings. The van der Waals surface area contributed by atoms with E-state index < -0.39 is 26.5 Å². The molecule has 1 N–H and O–H groups in total. The summed E-state index contributed by atoms with van der Waals surface area (Å²) < 4.78 is 34.5. The number of phosphoric acid groups is 1. The highest BCUT2D eigenvalue weighted by Crippen LogP contribution is 2.43. The first-order valence-electron chi connectivity index (χ1n) is 26.9. The lowest BCUT2D eigenvalue weighted by molar-refractivity contribution is -0.870. The van der Waals surface area contributed by atoms with Gasteiger partial charge in [-0.1, -0.05) is 223 Å². The second-order valence-corrected chi connectivity index (χ2v) is 20.7. The van der Waals surface area contributed by atoms with Crippen molar-refractivity contribution in [2.45, 2.75) is 245 Å². The van der Waals surface area contributed by atoms with E-state index in [0.717, 1.165) is 70.6 Å². The third-order valence-electron chi connectivity index (χ3n) is 11.6. The summed E-state index contributed by atoms with van der Waals surface area (Å²) in [6, 6.07) is 0. The van der Waals surface area contributed by atoms with Gasteiger partial charge in [-0.3, -0.25) is 18.6 Å². The number of hydrogen-bond donors (Lipinski definition) is 1. The monoisotopic (exact) mass is 937 g/mol. The van der Waals surface area contributed by atoms with Crippen LogP contribution in [0, 0.1) is 0 Å². The molecule has 9 nitrogen and oxygen atoms in total. The summed E-state index contributed by atoms with van der Waals surface area (Å²) in [7, 11) is 1.46. The van der Waals surface area contributed by atoms with Gasteiger partial charge in [-0.25, -0.2) is 4.57 Å². The number of likely N-dealkylation sites (N-methyl/N-ethyl adjacent to an activating group) is 1. The van der Waals surface area contributed by atoms with Crippen molar-refractivity contribution in [1.29, 1.82) is 0 Å². The molecular formula is C55H103NO8P+. The van der Waals surface area contributed by atoms with Crippen molar-refractivity contribution in [2.75, 3.05) is 47.5 Å². The number of allylic oxidation sites excluding steroid dienone is 8. The highest BCUT2D eigenvalue weighted by atomic mass is 31.2. The second-order valence-electron chi connectivity index (χ2n) is 19.2. The quantitative estimate of drug-likeness (QED) is 0.0211. The number of quaternary nitrogens is 1. The van der Waals surface area contributed by atoms with Crippen LogP contribution in [0.25, 0.3) is 0 Å². The number of nitrogens with zero attached hydrogens (tertiary/aromatic N) is 1. The van der Waals surface area contributed by atoms with Gasteiger partial charge in [0.15, 0.2) is 6.10 Å². The van der Waals surface area contributed by atoms with E-state index in [0.29, 0.717) is 17.4 Å². The average Bonchev–Trinajstić information content (AvgIpc) is 3.26. The third-order valence-corrected chi connectivity index (χ3v) is 12.6. The summed E-state index contributed by atoms with van der Waals surface area (Å²) in [5, 5.41) is 0. The lowest BCUT2D eigenvalue weighted by atomic mass is 10.0. The van der Waals surface area contributed by atoms with Gasteiger partial charge in [-0.2, -0.15) is 0 Å². The van der Waals surface area contributed by atoms with Crippen LogP contribution >= 0.6 is 7.82 Å². The van der Waals surface area contributed by atoms with Gasteiger partial charge in [-0.15, -0.1) is 0 Å². The Hall–Kier alpha value is -2.03. The first-order chi connectivity index (χ1) is 31.5. The molecule has 0 aromatic heterocycles. The van der Waals surface area contributed by atoms with Gasteiger partial charge in [0.05, 0.1) is 27.7 Å². The molecular weight excluding hydrogens is 834 g/mol. The van der Waals surface area contributed by atoms with Gasteiger partial charge < -0.3 is 18.9 Å². The number of rotatable bonds is 49. The van der Waals surface area contributed by atoms with Crippen LogP contribution in [0.15, 0.2) is 48.6 Å². The van der Waals surface area contributed by atoms with Crippen LogP contribution < -0.4 is 0 Å². The van der Waals surface area contributed by atoms with E-state index in [2.05, 4.69) is 62.5 Å². The van der Waals surface area contributed by atoms with Gasteiger partial charge in [0.2, 0.25) is 0 Å². The maximum atomic E-state index is 12.7. The zero-order chi connectivity index (χ0) is 47.8. The molecule has 0 bridgehead atoms. The van der Waals surface area contributed by atoms with Crippen molar-refractivity contribution >= 4 is 19.8 Å². The van der Waals surface area contributed by atoms with Crippen LogP contribution in [0.3, 0.4) is 0 Å². The maximum absolute atomic E-state index is 12.7. The zero-order valence-electron chi connectivity index (χ0n) is 43.0. The molecule has 0 spiro atoms. The molecule has 0 saturated heterocycles. The fourth-order valence-electron chi connectivity index (χ4n) is 7.48. The summed E-state index contributed by atoms with van der Waals surface area (Å²) in [5.41, 5.74) is 0. The fourth-order valence-corrected chi connectivity index (χ4v) is 8.22. The van der Waals surface area contributed by atoms with E-state index in [-0.39, 0.29) is 32.0 Å². The van der Waals surface area contributed by atoms with Crippen molar-refractivity contribution in [3.8, 4) is 0 Å². The topological polar surface area (TPSA) is 108 Å². The summed E-state index contributed by atoms with van der Waals surface area (Å²) in [6.07, 6.45) is 57.5. The zero-order valence-corrected chi connectivity index (χ0v) is 43.9. The summed E-state index contributed by atoms with van der Waals surface area (Å²) >= 11 is 0. The molecule has 0 radical (unpaired) electrons. The lowest BCUT2D eigenvalue weighted by Crippen LogP contribution is -2.37. The van der Waals surface area contributed by atoms with E-state index in [1.54, 1.807) is 0 Å². The number of unbranched alkanes of at least 4 members (excludes halogenated alkanes) is 27. The molecule has 0 heterocycles. The summed E-state index contributed by atoms with van der Waals surface area (Å²) in [6.45, 7) is 4.31. The molecule has 0 saturated carbocycles. The number of esters is 2. The van der Waals surface area contributed by atoms with Gasteiger partial charge in [-0.05, 0) is 51.4 Å². The van der Waals surface area contributed by atoms with Gasteiger partial charge >= 0.3 is 19.8 Å². The number of hydrogen-bond acceptors (Lipinski definition) is 7. The SMILES string of the molecule is CC/C=C\C/C=C\C/C=C\C/C=C\CCCCCCC(=O)OC(COC(=O)CCCCCCCCCCCCCCCCCCCCCCCCCC)COP(=O)(O)OCC[N+](C)(C)C. The molecule has 10 heteroatoms. The van der Waals surface area contributed by atoms with Gasteiger partial charge in [0.1, 0.15) is 19.8 Å². The Balaban J connectivity index is 4.19. The van der Waals surface area contributed by atoms with Gasteiger partial charge in [0.25, 0.3) is 0 Å². The van der Waals surface area contributed by atoms with E-state index in [1.807, 2.05) is 21.1 Å². The van der Waals surface area contributed by atoms with Crippen molar-refractivity contribution in [3.63, 3.8) is 0 Å². The van der Waals surface area contributed by atoms with Gasteiger partial charge in [0, 0.05) is 12.8 Å². The standard InChI is InChI=1S/C55H102NO8P/c1-6-8-10-12-14-16-18-20-22-24-25-26-27-28-29-30-32-33-35-37-39-41-43-45-47-54(57)61-51-53(52-63-65(59,60)62-50-49-56(3,4)5)64-55(58)48-46-44-42-40-38-36-34-31-23-21-19-17-15-13-11-9-7-2/h9,11,15,17,21,23,34,36,53H,6-8,10,12-14,16,18-20,22,24-33,35,37-52H2,1-5H3/p+1/b11-9-,17-15-,23-21-,36-34-. The van der Waals surface area contributed by atoms with E-state index >= 15 is 0 Å². The van der Waals surface area contributed by atoms with Crippen LogP contribution in [-0.4, -0.2) is 74.9 Å². The largest absolute Gasteiger partial charge is 0.472 e. The van der Waals surface area contributed by atoms with Crippen molar-refractivity contribution in [2.24, 2.45) is 0 Å². The maximum Gasteiger partial charge on any atom is 0.472 e. The summed E-state index contributed by atoms with van der Waals surface area (Å²) in [5.74, 6) is -0.818. The fraction of sp³-hybridized carbons (Fsp3) is 0.818. The Morgan fingerprint density at radius 2 is 0.877 bits per heavy atom. The molecule has 380 valence electrons. The number of carbonyl (C=O) groups excluding carboxylic acids is 2. The molecule has 0 aliphatic heterocycles. The molecule has 65 heavy (non-hydrogen) atoms. The van der Waals surface area contributed by atoms with Crippen LogP contribution in [0.1, 0.15) is 239 Å². The second kappa shape index (κ2) is 47.1. The number of carbonyl (C=O) groups is 2. The Kier molecular flexibility index (Phi) is 45.6. The average molecular weight is 937 g/mol. The molecule has 2 atom stereocenters. The molecule has 0 aromatic rings. The Bertz CT molecular complexity index is 1240. The Morgan fingerprint density at radius 3 is 1.31 bits per heavy atom. The minimum atomic E-state index is -4.39. The van der Waals surface area contributed by atoms with Crippen molar-refractivity contribution in [3.05, 3.63) is 48.6 Å². The molecule has 0 rings (SSSR count). The summed E-state index contributed by atoms with van der Waals surface area (Å²) in [4.78, 5) is 35.6. The van der Waals surface area contributed by atoms with Crippen molar-refractivity contribution < 1.29 is 42.1 Å². The molecule has 0 amide bonds.